The summed E-state index contributed by atoms with van der Waals surface area (Å²) >= 11 is 12.7. The largest absolute Gasteiger partial charge is 0.484 e. The number of halogens is 2. The Labute approximate surface area is 656 Å². The third-order valence-corrected chi connectivity index (χ3v) is 24.1. The molecule has 0 bridgehead atoms. The van der Waals surface area contributed by atoms with Gasteiger partial charge in [-0.05, 0) is 108 Å². The van der Waals surface area contributed by atoms with Gasteiger partial charge in [0.25, 0.3) is 17.4 Å². The van der Waals surface area contributed by atoms with E-state index < -0.39 is 66.9 Å². The molecule has 14 rings (SSSR count). The highest BCUT2D eigenvalue weighted by atomic mass is 35.7. The van der Waals surface area contributed by atoms with Crippen LogP contribution in [0.25, 0.3) is 22.3 Å². The summed E-state index contributed by atoms with van der Waals surface area (Å²) in [5.74, 6) is -0.0324. The number of nitrogens with zero attached hydrogens (tertiary/aromatic N) is 12. The summed E-state index contributed by atoms with van der Waals surface area (Å²) in [6.45, 7) is -6.84. The van der Waals surface area contributed by atoms with Gasteiger partial charge in [0.1, 0.15) is 30.6 Å². The van der Waals surface area contributed by atoms with Gasteiger partial charge in [0.2, 0.25) is 17.8 Å². The van der Waals surface area contributed by atoms with Crippen LogP contribution in [-0.4, -0.2) is 170 Å². The van der Waals surface area contributed by atoms with Crippen LogP contribution >= 0.6 is 36.2 Å². The Morgan fingerprint density at radius 2 is 0.875 bits per heavy atom. The summed E-state index contributed by atoms with van der Waals surface area (Å²) in [5.41, 5.74) is 4.63. The molecular formula is C81H81Cl2N15O12P2. The van der Waals surface area contributed by atoms with E-state index >= 15 is 0 Å². The lowest BCUT2D eigenvalue weighted by molar-refractivity contribution is -0.145. The first-order chi connectivity index (χ1) is 54.3. The number of hydrogen-bond acceptors (Lipinski definition) is 20. The lowest BCUT2D eigenvalue weighted by Gasteiger charge is -2.50. The minimum absolute atomic E-state index is 0.0329. The number of nitrogens with one attached hydrogen (secondary N) is 3. The number of aromatic nitrogens is 8. The third kappa shape index (κ3) is 18.1. The number of H-pyrrole nitrogens is 1. The molecule has 8 aromatic carbocycles. The number of ether oxygens (including phenoxy) is 5. The van der Waals surface area contributed by atoms with Gasteiger partial charge in [-0.15, -0.1) is 0 Å². The molecule has 0 aliphatic carbocycles. The molecular weight excluding hydrogens is 1510 g/mol. The second-order valence-corrected chi connectivity index (χ2v) is 33.0. The highest BCUT2D eigenvalue weighted by Crippen LogP contribution is 2.56. The summed E-state index contributed by atoms with van der Waals surface area (Å²) < 4.78 is 74.9. The topological polar surface area (TPSA) is 301 Å². The maximum absolute atomic E-state index is 13.3. The number of carbonyl (C=O) groups is 2. The number of morpholine rings is 2. The normalized spacial score (nSPS) is 17.3. The van der Waals surface area contributed by atoms with Gasteiger partial charge in [-0.1, -0.05) is 218 Å². The third-order valence-electron chi connectivity index (χ3n) is 18.8. The van der Waals surface area contributed by atoms with Crippen molar-refractivity contribution in [2.75, 3.05) is 98.0 Å². The van der Waals surface area contributed by atoms with Crippen LogP contribution in [0.4, 0.5) is 11.9 Å². The minimum atomic E-state index is -3.67. The van der Waals surface area contributed by atoms with Crippen LogP contribution in [0.1, 0.15) is 52.3 Å². The van der Waals surface area contributed by atoms with E-state index in [0.29, 0.717) is 42.3 Å². The smallest absolute Gasteiger partial charge is 0.362 e. The number of benzene rings is 8. The van der Waals surface area contributed by atoms with Crippen molar-refractivity contribution < 1.29 is 51.5 Å². The SMILES string of the molecule is CN(C)P(=O)(Cl)OCC1CN(C(c2ccccc2)(c2ccccc2)c2ccccc2)CC(n2cnc3c(=O)[nH]c(NC(=O)COc4ccccc4)nc32)O1.CN(C)P(=O)(Cl)OCC1CN(C(c2ccccc2)(c2ccccc2)c2ccccc2)CC(n2cnc3c(OCCC#N)nc(NC(=O)COc4ccccc4)nc32)O1. The molecule has 6 unspecified atom stereocenters. The molecule has 2 saturated heterocycles. The van der Waals surface area contributed by atoms with E-state index in [2.05, 4.69) is 124 Å². The first kappa shape index (κ1) is 79.3. The van der Waals surface area contributed by atoms with Crippen LogP contribution in [-0.2, 0) is 48.3 Å². The Kier molecular flexibility index (Phi) is 25.6. The maximum atomic E-state index is 13.3. The summed E-state index contributed by atoms with van der Waals surface area (Å²) in [4.78, 5) is 69.4. The molecule has 12 aromatic rings. The molecule has 31 heteroatoms. The molecule has 4 aromatic heterocycles. The van der Waals surface area contributed by atoms with Gasteiger partial charge in [0.15, 0.2) is 35.5 Å². The Balaban J connectivity index is 0.000000197. The van der Waals surface area contributed by atoms with Crippen molar-refractivity contribution >= 4 is 82.3 Å². The molecule has 6 atom stereocenters. The lowest BCUT2D eigenvalue weighted by atomic mass is 9.75. The van der Waals surface area contributed by atoms with Crippen molar-refractivity contribution in [3.63, 3.8) is 0 Å². The molecule has 2 amide bonds. The average Bonchev–Trinajstić information content (AvgIpc) is 0.874. The number of hydrogen-bond donors (Lipinski definition) is 3. The number of imidazole rings is 2. The number of fused-ring (bicyclic) bond motifs is 2. The van der Waals surface area contributed by atoms with Crippen molar-refractivity contribution in [2.24, 2.45) is 0 Å². The fourth-order valence-electron chi connectivity index (χ4n) is 13.7. The van der Waals surface area contributed by atoms with E-state index in [9.17, 15) is 28.8 Å². The second kappa shape index (κ2) is 36.1. The van der Waals surface area contributed by atoms with Crippen molar-refractivity contribution in [1.29, 1.82) is 5.26 Å². The summed E-state index contributed by atoms with van der Waals surface area (Å²) in [5, 5.41) is 14.6. The molecule has 576 valence electrons. The van der Waals surface area contributed by atoms with E-state index in [4.69, 9.17) is 60.2 Å². The molecule has 2 aliphatic heterocycles. The van der Waals surface area contributed by atoms with Crippen molar-refractivity contribution in [3.8, 4) is 23.4 Å². The van der Waals surface area contributed by atoms with Crippen molar-refractivity contribution in [1.82, 2.24) is 58.2 Å². The van der Waals surface area contributed by atoms with Crippen LogP contribution < -0.4 is 30.4 Å². The maximum Gasteiger partial charge on any atom is 0.362 e. The van der Waals surface area contributed by atoms with Crippen LogP contribution in [0.5, 0.6) is 17.4 Å². The predicted octanol–water partition coefficient (Wildman–Crippen LogP) is 13.5. The standard InChI is InChI=1S/C42H42ClN8O6P.C39H39ClN7O6P/c1-49(2)58(43,53)56-28-35-26-50(42(31-16-7-3-8-17-31,32-18-9-4-10-19-32)33-20-11-5-12-21-33)27-37(57-35)51-30-45-38-39(51)47-41(48-40(38)54-25-15-24-44)46-36(52)29-55-34-22-13-6-14-23-34;1-45(2)54(40,50)52-25-32-23-46(39(28-15-7-3-8-16-28,29-17-9-4-10-18-29)30-19-11-5-12-20-30)24-34(53-32)47-27-41-35-36(47)43-38(44-37(35)49)42-33(48)26-51-31-21-13-6-14-22-31/h3-14,16-23,30,35,37H,15,25-29H2,1-2H3,(H,46,47,48,52);3-22,27,32,34H,23-26H2,1-2H3,(H2,42,43,44,48,49). The monoisotopic (exact) mass is 1590 g/mol. The number of aromatic amines is 1. The van der Waals surface area contributed by atoms with Crippen molar-refractivity contribution in [3.05, 3.63) is 299 Å². The van der Waals surface area contributed by atoms with E-state index in [1.165, 1.54) is 15.7 Å². The minimum Gasteiger partial charge on any atom is -0.484 e. The predicted molar refractivity (Wildman–Crippen MR) is 426 cm³/mol. The van der Waals surface area contributed by atoms with E-state index in [1.54, 1.807) is 80.1 Å². The molecule has 0 saturated carbocycles. The fourth-order valence-corrected chi connectivity index (χ4v) is 15.2. The van der Waals surface area contributed by atoms with Gasteiger partial charge in [-0.2, -0.15) is 20.2 Å². The van der Waals surface area contributed by atoms with Crippen molar-refractivity contribution in [2.45, 2.75) is 42.2 Å². The first-order valence-electron chi connectivity index (χ1n) is 35.9. The Hall–Kier alpha value is -10.8. The van der Waals surface area contributed by atoms with Gasteiger partial charge < -0.3 is 32.7 Å². The molecule has 2 fully saturated rings. The van der Waals surface area contributed by atoms with E-state index in [0.717, 1.165) is 33.4 Å². The zero-order chi connectivity index (χ0) is 78.2. The van der Waals surface area contributed by atoms with Crippen LogP contribution in [0.15, 0.2) is 260 Å². The lowest BCUT2D eigenvalue weighted by Crippen LogP contribution is -2.57. The number of rotatable bonds is 29. The number of carbonyl (C=O) groups excluding carboxylic acids is 2. The van der Waals surface area contributed by atoms with E-state index in [-0.39, 0.29) is 74.9 Å². The summed E-state index contributed by atoms with van der Waals surface area (Å²) in [6, 6.07) is 81.2. The van der Waals surface area contributed by atoms with Gasteiger partial charge in [0.05, 0.1) is 61.6 Å². The van der Waals surface area contributed by atoms with Gasteiger partial charge >= 0.3 is 13.7 Å². The van der Waals surface area contributed by atoms with Gasteiger partial charge in [0, 0.05) is 26.2 Å². The van der Waals surface area contributed by atoms with Crippen LogP contribution in [0.3, 0.4) is 0 Å². The molecule has 112 heavy (non-hydrogen) atoms. The van der Waals surface area contributed by atoms with Gasteiger partial charge in [-0.25, -0.2) is 19.3 Å². The molecule has 27 nitrogen and oxygen atoms in total. The molecule has 2 aliphatic rings. The highest BCUT2D eigenvalue weighted by Gasteiger charge is 2.49. The molecule has 0 radical (unpaired) electrons. The Bertz CT molecular complexity index is 5150. The summed E-state index contributed by atoms with van der Waals surface area (Å²) in [7, 11) is 6.35. The number of nitriles is 1. The number of anilines is 2. The quantitative estimate of drug-likeness (QED) is 0.0223. The molecule has 0 spiro atoms. The number of amides is 2. The van der Waals surface area contributed by atoms with Crippen LogP contribution in [0, 0.1) is 11.3 Å². The average molecular weight is 1590 g/mol. The Morgan fingerprint density at radius 3 is 1.25 bits per heavy atom. The zero-order valence-corrected chi connectivity index (χ0v) is 64.8. The zero-order valence-electron chi connectivity index (χ0n) is 61.5. The second-order valence-electron chi connectivity index (χ2n) is 26.5. The van der Waals surface area contributed by atoms with E-state index in [1.807, 2.05) is 133 Å². The Morgan fingerprint density at radius 1 is 0.518 bits per heavy atom. The first-order valence-corrected chi connectivity index (χ1v) is 40.8. The summed E-state index contributed by atoms with van der Waals surface area (Å²) in [6.07, 6.45) is 0.268. The fraction of sp³-hybridized carbons (Fsp3) is 0.247. The number of para-hydroxylation sites is 2. The highest BCUT2D eigenvalue weighted by molar-refractivity contribution is 7.83. The van der Waals surface area contributed by atoms with Crippen LogP contribution in [0.2, 0.25) is 0 Å². The molecule has 3 N–H and O–H groups in total. The molecule has 6 heterocycles. The van der Waals surface area contributed by atoms with Gasteiger partial charge in [-0.3, -0.25) is 58.1 Å².